The van der Waals surface area contributed by atoms with Crippen molar-refractivity contribution in [2.75, 3.05) is 25.0 Å². The van der Waals surface area contributed by atoms with Crippen LogP contribution in [0.2, 0.25) is 0 Å². The number of ether oxygens (including phenoxy) is 1. The van der Waals surface area contributed by atoms with E-state index in [9.17, 15) is 13.2 Å². The lowest BCUT2D eigenvalue weighted by molar-refractivity contribution is 0.102. The number of nitrogens with one attached hydrogen (secondary N) is 2. The standard InChI is InChI=1S/C19H25N3O4S/c1-4-26-16-9-7-15(8-10-16)21-19(23)17-13(2)18(14(3)20-17)27(24,25)22-11-5-6-12-22/h7-10,20H,4-6,11-12H2,1-3H3,(H,21,23). The molecule has 2 heterocycles. The molecule has 1 fully saturated rings. The van der Waals surface area contributed by atoms with Crippen molar-refractivity contribution < 1.29 is 17.9 Å². The van der Waals surface area contributed by atoms with Gasteiger partial charge in [0.25, 0.3) is 5.91 Å². The van der Waals surface area contributed by atoms with Crippen LogP contribution < -0.4 is 10.1 Å². The van der Waals surface area contributed by atoms with E-state index in [-0.39, 0.29) is 16.5 Å². The van der Waals surface area contributed by atoms with Gasteiger partial charge >= 0.3 is 0 Å². The van der Waals surface area contributed by atoms with Crippen LogP contribution in [0.25, 0.3) is 0 Å². The number of anilines is 1. The molecule has 1 aromatic heterocycles. The van der Waals surface area contributed by atoms with Crippen LogP contribution in [0.4, 0.5) is 5.69 Å². The average molecular weight is 391 g/mol. The molecule has 3 rings (SSSR count). The molecule has 2 N–H and O–H groups in total. The van der Waals surface area contributed by atoms with Crippen molar-refractivity contribution in [1.29, 1.82) is 0 Å². The second kappa shape index (κ2) is 7.74. The zero-order chi connectivity index (χ0) is 19.6. The third kappa shape index (κ3) is 3.86. The number of carbonyl (C=O) groups excluding carboxylic acids is 1. The van der Waals surface area contributed by atoms with Crippen molar-refractivity contribution in [3.8, 4) is 5.75 Å². The fourth-order valence-corrected chi connectivity index (χ4v) is 5.32. The minimum absolute atomic E-state index is 0.209. The molecule has 8 heteroatoms. The molecular weight excluding hydrogens is 366 g/mol. The third-order valence-corrected chi connectivity index (χ3v) is 6.86. The zero-order valence-electron chi connectivity index (χ0n) is 15.8. The zero-order valence-corrected chi connectivity index (χ0v) is 16.6. The summed E-state index contributed by atoms with van der Waals surface area (Å²) in [5.74, 6) is 0.351. The van der Waals surface area contributed by atoms with E-state index in [1.807, 2.05) is 6.92 Å². The van der Waals surface area contributed by atoms with E-state index in [1.54, 1.807) is 38.1 Å². The molecule has 1 aromatic carbocycles. The van der Waals surface area contributed by atoms with Gasteiger partial charge < -0.3 is 15.0 Å². The van der Waals surface area contributed by atoms with Gasteiger partial charge in [-0.05, 0) is 63.4 Å². The highest BCUT2D eigenvalue weighted by atomic mass is 32.2. The number of aromatic amines is 1. The highest BCUT2D eigenvalue weighted by Crippen LogP contribution is 2.29. The normalized spacial score (nSPS) is 15.1. The predicted molar refractivity (Wildman–Crippen MR) is 104 cm³/mol. The number of aromatic nitrogens is 1. The lowest BCUT2D eigenvalue weighted by Crippen LogP contribution is -2.28. The van der Waals surface area contributed by atoms with Crippen LogP contribution in [0.5, 0.6) is 5.75 Å². The maximum Gasteiger partial charge on any atom is 0.272 e. The summed E-state index contributed by atoms with van der Waals surface area (Å²) in [6, 6.07) is 7.04. The van der Waals surface area contributed by atoms with Gasteiger partial charge in [-0.3, -0.25) is 4.79 Å². The number of hydrogen-bond donors (Lipinski definition) is 2. The van der Waals surface area contributed by atoms with E-state index in [2.05, 4.69) is 10.3 Å². The molecule has 2 aromatic rings. The van der Waals surface area contributed by atoms with Gasteiger partial charge in [0.2, 0.25) is 10.0 Å². The van der Waals surface area contributed by atoms with Gasteiger partial charge in [-0.1, -0.05) is 0 Å². The molecule has 0 radical (unpaired) electrons. The average Bonchev–Trinajstić information content (AvgIpc) is 3.26. The summed E-state index contributed by atoms with van der Waals surface area (Å²) >= 11 is 0. The first kappa shape index (κ1) is 19.4. The number of carbonyl (C=O) groups is 1. The lowest BCUT2D eigenvalue weighted by Gasteiger charge is -2.16. The smallest absolute Gasteiger partial charge is 0.272 e. The second-order valence-corrected chi connectivity index (χ2v) is 8.48. The first-order chi connectivity index (χ1) is 12.8. The van der Waals surface area contributed by atoms with E-state index >= 15 is 0 Å². The van der Waals surface area contributed by atoms with Crippen LogP contribution in [0.3, 0.4) is 0 Å². The Morgan fingerprint density at radius 2 is 1.81 bits per heavy atom. The Morgan fingerprint density at radius 3 is 2.41 bits per heavy atom. The minimum Gasteiger partial charge on any atom is -0.494 e. The highest BCUT2D eigenvalue weighted by Gasteiger charge is 2.33. The number of benzene rings is 1. The van der Waals surface area contributed by atoms with Crippen LogP contribution in [-0.2, 0) is 10.0 Å². The SMILES string of the molecule is CCOc1ccc(NC(=O)c2[nH]c(C)c(S(=O)(=O)N3CCCC3)c2C)cc1. The van der Waals surface area contributed by atoms with Crippen LogP contribution in [0, 0.1) is 13.8 Å². The molecule has 0 saturated carbocycles. The van der Waals surface area contributed by atoms with Crippen LogP contribution in [0.15, 0.2) is 29.2 Å². The Kier molecular flexibility index (Phi) is 5.57. The van der Waals surface area contributed by atoms with Crippen molar-refractivity contribution in [2.45, 2.75) is 38.5 Å². The van der Waals surface area contributed by atoms with Gasteiger partial charge in [0.15, 0.2) is 0 Å². The summed E-state index contributed by atoms with van der Waals surface area (Å²) in [4.78, 5) is 15.8. The van der Waals surface area contributed by atoms with E-state index in [4.69, 9.17) is 4.74 Å². The van der Waals surface area contributed by atoms with Crippen LogP contribution in [0.1, 0.15) is 41.5 Å². The Hall–Kier alpha value is -2.32. The third-order valence-electron chi connectivity index (χ3n) is 4.68. The molecule has 0 bridgehead atoms. The molecule has 0 spiro atoms. The number of H-pyrrole nitrogens is 1. The maximum atomic E-state index is 12.9. The molecule has 0 unspecified atom stereocenters. The predicted octanol–water partition coefficient (Wildman–Crippen LogP) is 3.07. The van der Waals surface area contributed by atoms with Crippen molar-refractivity contribution in [3.63, 3.8) is 0 Å². The molecule has 0 atom stereocenters. The summed E-state index contributed by atoms with van der Waals surface area (Å²) in [5, 5.41) is 2.80. The van der Waals surface area contributed by atoms with Crippen molar-refractivity contribution in [1.82, 2.24) is 9.29 Å². The molecule has 7 nitrogen and oxygen atoms in total. The number of rotatable bonds is 6. The molecular formula is C19H25N3O4S. The quantitative estimate of drug-likeness (QED) is 0.792. The van der Waals surface area contributed by atoms with Gasteiger partial charge in [-0.2, -0.15) is 4.31 Å². The van der Waals surface area contributed by atoms with Crippen LogP contribution >= 0.6 is 0 Å². The van der Waals surface area contributed by atoms with E-state index in [1.165, 1.54) is 4.31 Å². The second-order valence-electron chi connectivity index (χ2n) is 6.60. The van der Waals surface area contributed by atoms with Gasteiger partial charge in [0.05, 0.1) is 6.61 Å². The van der Waals surface area contributed by atoms with E-state index in [0.717, 1.165) is 18.6 Å². The molecule has 1 saturated heterocycles. The molecule has 1 amide bonds. The summed E-state index contributed by atoms with van der Waals surface area (Å²) in [7, 11) is -3.59. The Bertz CT molecular complexity index is 927. The Balaban J connectivity index is 1.84. The fourth-order valence-electron chi connectivity index (χ4n) is 3.40. The van der Waals surface area contributed by atoms with Gasteiger partial charge in [0, 0.05) is 24.5 Å². The van der Waals surface area contributed by atoms with E-state index in [0.29, 0.717) is 36.6 Å². The Labute approximate surface area is 159 Å². The monoisotopic (exact) mass is 391 g/mol. The van der Waals surface area contributed by atoms with Gasteiger partial charge in [-0.15, -0.1) is 0 Å². The lowest BCUT2D eigenvalue weighted by atomic mass is 10.2. The first-order valence-electron chi connectivity index (χ1n) is 9.08. The van der Waals surface area contributed by atoms with Crippen molar-refractivity contribution >= 4 is 21.6 Å². The number of amides is 1. The maximum absolute atomic E-state index is 12.9. The van der Waals surface area contributed by atoms with Crippen molar-refractivity contribution in [3.05, 3.63) is 41.2 Å². The van der Waals surface area contributed by atoms with Gasteiger partial charge in [-0.25, -0.2) is 8.42 Å². The number of aryl methyl sites for hydroxylation is 1. The largest absolute Gasteiger partial charge is 0.494 e. The molecule has 1 aliphatic rings. The fraction of sp³-hybridized carbons (Fsp3) is 0.421. The molecule has 146 valence electrons. The number of hydrogen-bond acceptors (Lipinski definition) is 4. The summed E-state index contributed by atoms with van der Waals surface area (Å²) in [5.41, 5.74) is 1.80. The van der Waals surface area contributed by atoms with Crippen molar-refractivity contribution in [2.24, 2.45) is 0 Å². The minimum atomic E-state index is -3.59. The van der Waals surface area contributed by atoms with Gasteiger partial charge in [0.1, 0.15) is 16.3 Å². The summed E-state index contributed by atoms with van der Waals surface area (Å²) in [6.07, 6.45) is 1.74. The summed E-state index contributed by atoms with van der Waals surface area (Å²) < 4.78 is 32.7. The number of nitrogens with zero attached hydrogens (tertiary/aromatic N) is 1. The number of sulfonamides is 1. The topological polar surface area (TPSA) is 91.5 Å². The highest BCUT2D eigenvalue weighted by molar-refractivity contribution is 7.89. The van der Waals surface area contributed by atoms with E-state index < -0.39 is 10.0 Å². The Morgan fingerprint density at radius 1 is 1.19 bits per heavy atom. The molecule has 27 heavy (non-hydrogen) atoms. The first-order valence-corrected chi connectivity index (χ1v) is 10.5. The summed E-state index contributed by atoms with van der Waals surface area (Å²) in [6.45, 7) is 6.88. The molecule has 0 aliphatic carbocycles. The van der Waals surface area contributed by atoms with Crippen LogP contribution in [-0.4, -0.2) is 43.3 Å². The molecule has 1 aliphatic heterocycles.